The summed E-state index contributed by atoms with van der Waals surface area (Å²) >= 11 is 0. The van der Waals surface area contributed by atoms with Crippen LogP contribution in [0.3, 0.4) is 0 Å². The van der Waals surface area contributed by atoms with Crippen molar-refractivity contribution in [1.29, 1.82) is 0 Å². The highest BCUT2D eigenvalue weighted by molar-refractivity contribution is 5.97. The Balaban J connectivity index is 1.64. The molecule has 1 amide bonds. The first kappa shape index (κ1) is 20.4. The van der Waals surface area contributed by atoms with Crippen LogP contribution in [0.25, 0.3) is 10.8 Å². The van der Waals surface area contributed by atoms with Gasteiger partial charge in [-0.3, -0.25) is 4.79 Å². The zero-order chi connectivity index (χ0) is 21.1. The van der Waals surface area contributed by atoms with Crippen LogP contribution < -0.4 is 15.4 Å². The minimum atomic E-state index is -0.401. The minimum Gasteiger partial charge on any atom is -0.492 e. The van der Waals surface area contributed by atoms with Crippen molar-refractivity contribution >= 4 is 16.7 Å². The fourth-order valence-corrected chi connectivity index (χ4v) is 4.33. The van der Waals surface area contributed by atoms with Crippen molar-refractivity contribution in [3.05, 3.63) is 77.4 Å². The number of hydrogen-bond donors (Lipinski definition) is 2. The molecule has 0 bridgehead atoms. The molecule has 0 aliphatic carbocycles. The lowest BCUT2D eigenvalue weighted by Crippen LogP contribution is -2.66. The third-order valence-corrected chi connectivity index (χ3v) is 5.81. The highest BCUT2D eigenvalue weighted by Gasteiger charge is 2.45. The summed E-state index contributed by atoms with van der Waals surface area (Å²) in [5.41, 5.74) is 2.37. The molecule has 3 aromatic carbocycles. The van der Waals surface area contributed by atoms with Crippen LogP contribution in [0.5, 0.6) is 5.75 Å². The number of fused-ring (bicyclic) bond motifs is 1. The summed E-state index contributed by atoms with van der Waals surface area (Å²) in [6, 6.07) is 20.4. The lowest BCUT2D eigenvalue weighted by Gasteiger charge is -2.49. The maximum absolute atomic E-state index is 13.4. The van der Waals surface area contributed by atoms with E-state index in [1.807, 2.05) is 38.2 Å². The van der Waals surface area contributed by atoms with Gasteiger partial charge in [0.15, 0.2) is 0 Å². The van der Waals surface area contributed by atoms with Gasteiger partial charge in [-0.25, -0.2) is 0 Å². The first-order valence-corrected chi connectivity index (χ1v) is 10.4. The summed E-state index contributed by atoms with van der Waals surface area (Å²) < 4.78 is 5.77. The van der Waals surface area contributed by atoms with Gasteiger partial charge in [-0.15, -0.1) is 0 Å². The van der Waals surface area contributed by atoms with E-state index in [9.17, 15) is 4.79 Å². The second-order valence-electron chi connectivity index (χ2n) is 8.16. The Hall–Kier alpha value is -2.89. The standard InChI is InChI=1S/C25H29N3O2/c1-18-11-12-20(30-14-13-26-2)15-22(18)24(29)27-25(16-28(3)17-25)23-10-6-8-19-7-4-5-9-21(19)23/h4-12,15,26H,13-14,16-17H2,1-3H3,(H,27,29). The molecule has 0 radical (unpaired) electrons. The summed E-state index contributed by atoms with van der Waals surface area (Å²) in [7, 11) is 3.97. The molecule has 5 nitrogen and oxygen atoms in total. The van der Waals surface area contributed by atoms with Gasteiger partial charge in [-0.05, 0) is 55.1 Å². The van der Waals surface area contributed by atoms with E-state index in [4.69, 9.17) is 4.74 Å². The van der Waals surface area contributed by atoms with Gasteiger partial charge >= 0.3 is 0 Å². The number of aryl methyl sites for hydroxylation is 1. The van der Waals surface area contributed by atoms with Crippen LogP contribution in [0, 0.1) is 6.92 Å². The molecule has 0 saturated carbocycles. The quantitative estimate of drug-likeness (QED) is 0.595. The molecule has 1 aliphatic heterocycles. The monoisotopic (exact) mass is 403 g/mol. The Morgan fingerprint density at radius 1 is 1.10 bits per heavy atom. The zero-order valence-corrected chi connectivity index (χ0v) is 17.9. The molecule has 4 rings (SSSR count). The molecule has 5 heteroatoms. The van der Waals surface area contributed by atoms with Crippen LogP contribution in [0.4, 0.5) is 0 Å². The van der Waals surface area contributed by atoms with E-state index in [-0.39, 0.29) is 5.91 Å². The van der Waals surface area contributed by atoms with Crippen LogP contribution in [-0.2, 0) is 5.54 Å². The topological polar surface area (TPSA) is 53.6 Å². The van der Waals surface area contributed by atoms with Crippen LogP contribution in [-0.4, -0.2) is 51.1 Å². The maximum atomic E-state index is 13.4. The number of nitrogens with one attached hydrogen (secondary N) is 2. The van der Waals surface area contributed by atoms with Gasteiger partial charge < -0.3 is 20.3 Å². The number of hydrogen-bond acceptors (Lipinski definition) is 4. The molecule has 2 N–H and O–H groups in total. The molecule has 0 aromatic heterocycles. The summed E-state index contributed by atoms with van der Waals surface area (Å²) in [4.78, 5) is 15.6. The van der Waals surface area contributed by atoms with Crippen LogP contribution >= 0.6 is 0 Å². The molecule has 1 aliphatic rings. The van der Waals surface area contributed by atoms with Crippen LogP contribution in [0.15, 0.2) is 60.7 Å². The Bertz CT molecular complexity index is 1050. The lowest BCUT2D eigenvalue weighted by molar-refractivity contribution is 0.0518. The minimum absolute atomic E-state index is 0.0624. The normalized spacial score (nSPS) is 15.6. The third kappa shape index (κ3) is 3.91. The van der Waals surface area contributed by atoms with E-state index < -0.39 is 5.54 Å². The number of benzene rings is 3. The first-order valence-electron chi connectivity index (χ1n) is 10.4. The first-order chi connectivity index (χ1) is 14.5. The van der Waals surface area contributed by atoms with E-state index in [0.29, 0.717) is 17.9 Å². The number of ether oxygens (including phenoxy) is 1. The number of nitrogens with zero attached hydrogens (tertiary/aromatic N) is 1. The largest absolute Gasteiger partial charge is 0.492 e. The van der Waals surface area contributed by atoms with Gasteiger partial charge in [-0.1, -0.05) is 48.5 Å². The predicted octanol–water partition coefficient (Wildman–Crippen LogP) is 3.32. The maximum Gasteiger partial charge on any atom is 0.252 e. The predicted molar refractivity (Wildman–Crippen MR) is 121 cm³/mol. The van der Waals surface area contributed by atoms with Crippen molar-refractivity contribution < 1.29 is 9.53 Å². The number of likely N-dealkylation sites (N-methyl/N-ethyl adjacent to an activating group) is 2. The fourth-order valence-electron chi connectivity index (χ4n) is 4.33. The Morgan fingerprint density at radius 2 is 1.87 bits per heavy atom. The van der Waals surface area contributed by atoms with E-state index in [2.05, 4.69) is 59.0 Å². The van der Waals surface area contributed by atoms with Crippen LogP contribution in [0.1, 0.15) is 21.5 Å². The van der Waals surface area contributed by atoms with Gasteiger partial charge in [-0.2, -0.15) is 0 Å². The molecule has 3 aromatic rings. The second-order valence-corrected chi connectivity index (χ2v) is 8.16. The Kier molecular flexibility index (Phi) is 5.75. The van der Waals surface area contributed by atoms with Crippen molar-refractivity contribution in [2.75, 3.05) is 40.3 Å². The van der Waals surface area contributed by atoms with Gasteiger partial charge in [0.25, 0.3) is 5.91 Å². The Morgan fingerprint density at radius 3 is 2.63 bits per heavy atom. The van der Waals surface area contributed by atoms with E-state index in [1.54, 1.807) is 0 Å². The average Bonchev–Trinajstić information content (AvgIpc) is 2.73. The van der Waals surface area contributed by atoms with Crippen molar-refractivity contribution in [2.24, 2.45) is 0 Å². The Labute approximate surface area is 178 Å². The molecule has 0 unspecified atom stereocenters. The van der Waals surface area contributed by atoms with Gasteiger partial charge in [0.1, 0.15) is 12.4 Å². The molecular weight excluding hydrogens is 374 g/mol. The van der Waals surface area contributed by atoms with Crippen molar-refractivity contribution in [3.8, 4) is 5.75 Å². The number of rotatable bonds is 7. The molecule has 1 saturated heterocycles. The van der Waals surface area contributed by atoms with Crippen molar-refractivity contribution in [3.63, 3.8) is 0 Å². The average molecular weight is 404 g/mol. The number of carbonyl (C=O) groups is 1. The SMILES string of the molecule is CNCCOc1ccc(C)c(C(=O)NC2(c3cccc4ccccc34)CN(C)C2)c1. The van der Waals surface area contributed by atoms with Gasteiger partial charge in [0, 0.05) is 25.2 Å². The molecule has 30 heavy (non-hydrogen) atoms. The third-order valence-electron chi connectivity index (χ3n) is 5.81. The number of likely N-dealkylation sites (tertiary alicyclic amines) is 1. The van der Waals surface area contributed by atoms with Crippen LogP contribution in [0.2, 0.25) is 0 Å². The molecule has 0 atom stereocenters. The summed E-state index contributed by atoms with van der Waals surface area (Å²) in [5, 5.41) is 8.81. The smallest absolute Gasteiger partial charge is 0.252 e. The van der Waals surface area contributed by atoms with E-state index >= 15 is 0 Å². The molecular formula is C25H29N3O2. The van der Waals surface area contributed by atoms with E-state index in [1.165, 1.54) is 16.3 Å². The highest BCUT2D eigenvalue weighted by atomic mass is 16.5. The van der Waals surface area contributed by atoms with Gasteiger partial charge in [0.05, 0.1) is 5.54 Å². The lowest BCUT2D eigenvalue weighted by atomic mass is 9.79. The highest BCUT2D eigenvalue weighted by Crippen LogP contribution is 2.36. The van der Waals surface area contributed by atoms with Crippen molar-refractivity contribution in [1.82, 2.24) is 15.5 Å². The summed E-state index contributed by atoms with van der Waals surface area (Å²) in [6.45, 7) is 4.84. The summed E-state index contributed by atoms with van der Waals surface area (Å²) in [6.07, 6.45) is 0. The second kappa shape index (κ2) is 8.46. The molecule has 156 valence electrons. The fraction of sp³-hybridized carbons (Fsp3) is 0.320. The molecule has 1 fully saturated rings. The van der Waals surface area contributed by atoms with Gasteiger partial charge in [0.2, 0.25) is 0 Å². The number of amides is 1. The summed E-state index contributed by atoms with van der Waals surface area (Å²) in [5.74, 6) is 0.651. The molecule has 1 heterocycles. The van der Waals surface area contributed by atoms with Crippen molar-refractivity contribution in [2.45, 2.75) is 12.5 Å². The van der Waals surface area contributed by atoms with E-state index in [0.717, 1.165) is 25.2 Å². The number of carbonyl (C=O) groups excluding carboxylic acids is 1. The zero-order valence-electron chi connectivity index (χ0n) is 17.9. The molecule has 0 spiro atoms.